The summed E-state index contributed by atoms with van der Waals surface area (Å²) in [5, 5.41) is 2.06. The predicted octanol–water partition coefficient (Wildman–Crippen LogP) is 3.07. The van der Waals surface area contributed by atoms with E-state index in [2.05, 4.69) is 15.9 Å². The molecule has 0 bridgehead atoms. The molecule has 0 aromatic heterocycles. The first-order chi connectivity index (χ1) is 9.27. The van der Waals surface area contributed by atoms with Crippen LogP contribution >= 0.6 is 15.9 Å². The Kier molecular flexibility index (Phi) is 3.53. The molecule has 0 unspecified atom stereocenters. The van der Waals surface area contributed by atoms with Crippen LogP contribution in [-0.4, -0.2) is 37.1 Å². The predicted molar refractivity (Wildman–Crippen MR) is 78.4 cm³/mol. The van der Waals surface area contributed by atoms with E-state index in [4.69, 9.17) is 4.74 Å². The molecule has 1 heterocycles. The van der Waals surface area contributed by atoms with Crippen LogP contribution in [0.1, 0.15) is 10.4 Å². The largest absolute Gasteiger partial charge is 0.378 e. The minimum Gasteiger partial charge on any atom is -0.378 e. The molecule has 0 N–H and O–H groups in total. The van der Waals surface area contributed by atoms with Gasteiger partial charge in [0.15, 0.2) is 0 Å². The Balaban J connectivity index is 2.04. The molecule has 1 fully saturated rings. The van der Waals surface area contributed by atoms with E-state index in [1.165, 1.54) is 0 Å². The summed E-state index contributed by atoms with van der Waals surface area (Å²) in [6.45, 7) is 2.59. The minimum absolute atomic E-state index is 0.0898. The summed E-state index contributed by atoms with van der Waals surface area (Å²) >= 11 is 3.53. The molecule has 4 heteroatoms. The van der Waals surface area contributed by atoms with Gasteiger partial charge in [-0.05, 0) is 22.9 Å². The SMILES string of the molecule is O=C(c1cccc2c(Br)cccc12)N1CCOCC1. The molecule has 1 amide bonds. The number of nitrogens with zero attached hydrogens (tertiary/aromatic N) is 1. The number of fused-ring (bicyclic) bond motifs is 1. The van der Waals surface area contributed by atoms with Gasteiger partial charge in [0, 0.05) is 23.1 Å². The van der Waals surface area contributed by atoms with Gasteiger partial charge < -0.3 is 9.64 Å². The first-order valence-electron chi connectivity index (χ1n) is 6.31. The van der Waals surface area contributed by atoms with Gasteiger partial charge in [0.25, 0.3) is 5.91 Å². The molecule has 0 radical (unpaired) electrons. The van der Waals surface area contributed by atoms with Crippen molar-refractivity contribution in [1.82, 2.24) is 4.90 Å². The Bertz CT molecular complexity index is 621. The summed E-state index contributed by atoms with van der Waals surface area (Å²) in [5.74, 6) is 0.0898. The summed E-state index contributed by atoms with van der Waals surface area (Å²) in [6, 6.07) is 11.8. The van der Waals surface area contributed by atoms with Crippen LogP contribution in [-0.2, 0) is 4.74 Å². The number of halogens is 1. The van der Waals surface area contributed by atoms with Crippen molar-refractivity contribution in [2.24, 2.45) is 0 Å². The molecule has 3 nitrogen and oxygen atoms in total. The zero-order chi connectivity index (χ0) is 13.2. The lowest BCUT2D eigenvalue weighted by atomic mass is 10.0. The third-order valence-electron chi connectivity index (χ3n) is 3.40. The standard InChI is InChI=1S/C15H14BrNO2/c16-14-6-2-3-11-12(14)4-1-5-13(11)15(18)17-7-9-19-10-8-17/h1-6H,7-10H2. The molecule has 1 aliphatic rings. The van der Waals surface area contributed by atoms with Gasteiger partial charge in [0.2, 0.25) is 0 Å². The molecule has 1 saturated heterocycles. The van der Waals surface area contributed by atoms with E-state index in [9.17, 15) is 4.79 Å². The molecular weight excluding hydrogens is 306 g/mol. The third-order valence-corrected chi connectivity index (χ3v) is 4.09. The first kappa shape index (κ1) is 12.6. The van der Waals surface area contributed by atoms with Crippen LogP contribution < -0.4 is 0 Å². The Morgan fingerprint density at radius 1 is 1.05 bits per heavy atom. The average molecular weight is 320 g/mol. The molecule has 0 spiro atoms. The second-order valence-corrected chi connectivity index (χ2v) is 5.40. The van der Waals surface area contributed by atoms with Crippen molar-refractivity contribution in [3.8, 4) is 0 Å². The molecule has 0 aliphatic carbocycles. The first-order valence-corrected chi connectivity index (χ1v) is 7.11. The lowest BCUT2D eigenvalue weighted by Crippen LogP contribution is -2.40. The molecule has 0 atom stereocenters. The van der Waals surface area contributed by atoms with Gasteiger partial charge in [0.1, 0.15) is 0 Å². The Hall–Kier alpha value is -1.39. The maximum Gasteiger partial charge on any atom is 0.254 e. The Morgan fingerprint density at radius 2 is 1.74 bits per heavy atom. The van der Waals surface area contributed by atoms with Crippen LogP contribution in [0.2, 0.25) is 0 Å². The van der Waals surface area contributed by atoms with Crippen molar-refractivity contribution in [2.45, 2.75) is 0 Å². The summed E-state index contributed by atoms with van der Waals surface area (Å²) in [5.41, 5.74) is 0.765. The Morgan fingerprint density at radius 3 is 2.53 bits per heavy atom. The maximum absolute atomic E-state index is 12.6. The number of carbonyl (C=O) groups excluding carboxylic acids is 1. The normalized spacial score (nSPS) is 15.7. The summed E-state index contributed by atoms with van der Waals surface area (Å²) in [6.07, 6.45) is 0. The molecule has 2 aromatic carbocycles. The minimum atomic E-state index is 0.0898. The summed E-state index contributed by atoms with van der Waals surface area (Å²) in [4.78, 5) is 14.4. The van der Waals surface area contributed by atoms with Crippen LogP contribution in [0.3, 0.4) is 0 Å². The van der Waals surface area contributed by atoms with Gasteiger partial charge in [-0.1, -0.05) is 40.2 Å². The molecule has 3 rings (SSSR count). The van der Waals surface area contributed by atoms with E-state index in [1.807, 2.05) is 41.3 Å². The Labute approximate surface area is 120 Å². The zero-order valence-corrected chi connectivity index (χ0v) is 12.0. The van der Waals surface area contributed by atoms with Gasteiger partial charge in [0.05, 0.1) is 13.2 Å². The van der Waals surface area contributed by atoms with E-state index >= 15 is 0 Å². The van der Waals surface area contributed by atoms with Crippen molar-refractivity contribution >= 4 is 32.6 Å². The highest BCUT2D eigenvalue weighted by molar-refractivity contribution is 9.10. The fourth-order valence-corrected chi connectivity index (χ4v) is 2.89. The highest BCUT2D eigenvalue weighted by atomic mass is 79.9. The fourth-order valence-electron chi connectivity index (χ4n) is 2.39. The van der Waals surface area contributed by atoms with E-state index in [0.717, 1.165) is 20.8 Å². The number of amides is 1. The topological polar surface area (TPSA) is 29.5 Å². The van der Waals surface area contributed by atoms with Gasteiger partial charge in [-0.25, -0.2) is 0 Å². The molecule has 2 aromatic rings. The zero-order valence-electron chi connectivity index (χ0n) is 10.4. The average Bonchev–Trinajstić information content (AvgIpc) is 2.47. The number of hydrogen-bond acceptors (Lipinski definition) is 2. The van der Waals surface area contributed by atoms with Crippen LogP contribution in [0.15, 0.2) is 40.9 Å². The van der Waals surface area contributed by atoms with Gasteiger partial charge in [-0.2, -0.15) is 0 Å². The lowest BCUT2D eigenvalue weighted by molar-refractivity contribution is 0.0304. The van der Waals surface area contributed by atoms with Crippen LogP contribution in [0.4, 0.5) is 0 Å². The van der Waals surface area contributed by atoms with Crippen molar-refractivity contribution in [1.29, 1.82) is 0 Å². The fraction of sp³-hybridized carbons (Fsp3) is 0.267. The number of hydrogen-bond donors (Lipinski definition) is 0. The molecule has 0 saturated carbocycles. The highest BCUT2D eigenvalue weighted by Gasteiger charge is 2.20. The second kappa shape index (κ2) is 5.31. The van der Waals surface area contributed by atoms with Crippen LogP contribution in [0, 0.1) is 0 Å². The number of ether oxygens (including phenoxy) is 1. The molecular formula is C15H14BrNO2. The van der Waals surface area contributed by atoms with E-state index < -0.39 is 0 Å². The van der Waals surface area contributed by atoms with Crippen molar-refractivity contribution in [2.75, 3.05) is 26.3 Å². The van der Waals surface area contributed by atoms with E-state index in [-0.39, 0.29) is 5.91 Å². The maximum atomic E-state index is 12.6. The number of benzene rings is 2. The number of carbonyl (C=O) groups is 1. The molecule has 98 valence electrons. The quantitative estimate of drug-likeness (QED) is 0.808. The number of rotatable bonds is 1. The van der Waals surface area contributed by atoms with Crippen LogP contribution in [0.25, 0.3) is 10.8 Å². The molecule has 1 aliphatic heterocycles. The van der Waals surface area contributed by atoms with Crippen molar-refractivity contribution in [3.05, 3.63) is 46.4 Å². The second-order valence-electron chi connectivity index (χ2n) is 4.55. The third kappa shape index (κ3) is 2.38. The summed E-state index contributed by atoms with van der Waals surface area (Å²) in [7, 11) is 0. The van der Waals surface area contributed by atoms with Crippen LogP contribution in [0.5, 0.6) is 0 Å². The van der Waals surface area contributed by atoms with Gasteiger partial charge in [-0.3, -0.25) is 4.79 Å². The smallest absolute Gasteiger partial charge is 0.254 e. The van der Waals surface area contributed by atoms with E-state index in [0.29, 0.717) is 26.3 Å². The van der Waals surface area contributed by atoms with Crippen molar-refractivity contribution < 1.29 is 9.53 Å². The van der Waals surface area contributed by atoms with E-state index in [1.54, 1.807) is 0 Å². The van der Waals surface area contributed by atoms with Gasteiger partial charge in [-0.15, -0.1) is 0 Å². The molecule has 19 heavy (non-hydrogen) atoms. The van der Waals surface area contributed by atoms with Crippen molar-refractivity contribution in [3.63, 3.8) is 0 Å². The summed E-state index contributed by atoms with van der Waals surface area (Å²) < 4.78 is 6.31. The number of morpholine rings is 1. The highest BCUT2D eigenvalue weighted by Crippen LogP contribution is 2.27. The lowest BCUT2D eigenvalue weighted by Gasteiger charge is -2.27. The monoisotopic (exact) mass is 319 g/mol. The van der Waals surface area contributed by atoms with Gasteiger partial charge >= 0.3 is 0 Å².